The average Bonchev–Trinajstić information content (AvgIpc) is 2.06. The van der Waals surface area contributed by atoms with Crippen molar-refractivity contribution in [1.82, 2.24) is 5.48 Å². The smallest absolute Gasteiger partial charge is 0.211 e. The van der Waals surface area contributed by atoms with Gasteiger partial charge in [0.05, 0.1) is 0 Å². The van der Waals surface area contributed by atoms with Crippen LogP contribution >= 0.6 is 11.6 Å². The van der Waals surface area contributed by atoms with Gasteiger partial charge in [-0.1, -0.05) is 29.8 Å². The van der Waals surface area contributed by atoms with Crippen molar-refractivity contribution in [2.24, 2.45) is 0 Å². The zero-order chi connectivity index (χ0) is 10.6. The molecule has 0 saturated carbocycles. The van der Waals surface area contributed by atoms with Crippen LogP contribution in [0.25, 0.3) is 0 Å². The predicted molar refractivity (Wildman–Crippen MR) is 62.7 cm³/mol. The Bertz CT molecular complexity index is 298. The molecule has 0 spiro atoms. The molecule has 0 aliphatic heterocycles. The van der Waals surface area contributed by atoms with Crippen molar-refractivity contribution in [2.45, 2.75) is 26.2 Å². The third-order valence-electron chi connectivity index (χ3n) is 1.60. The minimum absolute atomic E-state index is 0.657. The van der Waals surface area contributed by atoms with Gasteiger partial charge < -0.3 is 4.53 Å². The molecule has 0 heterocycles. The average molecular weight is 230 g/mol. The highest BCUT2D eigenvalue weighted by atomic mass is 35.5. The van der Waals surface area contributed by atoms with E-state index in [-0.39, 0.29) is 0 Å². The highest BCUT2D eigenvalue weighted by molar-refractivity contribution is 6.69. The van der Waals surface area contributed by atoms with E-state index in [9.17, 15) is 0 Å². The highest BCUT2D eigenvalue weighted by Gasteiger charge is 2.14. The van der Waals surface area contributed by atoms with Gasteiger partial charge in [0, 0.05) is 11.6 Å². The lowest BCUT2D eigenvalue weighted by Gasteiger charge is -2.17. The van der Waals surface area contributed by atoms with Crippen LogP contribution in [0.4, 0.5) is 0 Å². The predicted octanol–water partition coefficient (Wildman–Crippen LogP) is 3.20. The molecule has 1 rings (SSSR count). The topological polar surface area (TPSA) is 21.3 Å². The second-order valence-corrected chi connectivity index (χ2v) is 8.96. The van der Waals surface area contributed by atoms with E-state index in [0.717, 1.165) is 10.6 Å². The van der Waals surface area contributed by atoms with E-state index >= 15 is 0 Å². The minimum Gasteiger partial charge on any atom is -0.346 e. The summed E-state index contributed by atoms with van der Waals surface area (Å²) in [6.07, 6.45) is 0. The number of nitrogens with one attached hydrogen (secondary N) is 1. The van der Waals surface area contributed by atoms with Crippen LogP contribution in [0.15, 0.2) is 24.3 Å². The maximum atomic E-state index is 5.99. The quantitative estimate of drug-likeness (QED) is 0.633. The van der Waals surface area contributed by atoms with Crippen molar-refractivity contribution in [1.29, 1.82) is 0 Å². The molecule has 0 bridgehead atoms. The monoisotopic (exact) mass is 229 g/mol. The maximum absolute atomic E-state index is 5.99. The zero-order valence-corrected chi connectivity index (χ0v) is 10.6. The molecule has 1 N–H and O–H groups in total. The molecule has 0 radical (unpaired) electrons. The molecule has 0 saturated heterocycles. The first-order valence-corrected chi connectivity index (χ1v) is 8.42. The molecule has 0 aliphatic rings. The lowest BCUT2D eigenvalue weighted by Crippen LogP contribution is -2.33. The summed E-state index contributed by atoms with van der Waals surface area (Å²) in [5, 5.41) is 0.777. The van der Waals surface area contributed by atoms with Crippen molar-refractivity contribution in [3.8, 4) is 0 Å². The standard InChI is InChI=1S/C10H16ClNOSi/c1-14(2,3)13-12-8-9-6-4-5-7-10(9)11/h4-7,12H,8H2,1-3H3. The Labute approximate surface area is 91.3 Å². The van der Waals surface area contributed by atoms with E-state index in [0.29, 0.717) is 6.54 Å². The number of halogens is 1. The summed E-state index contributed by atoms with van der Waals surface area (Å²) in [6, 6.07) is 7.76. The van der Waals surface area contributed by atoms with Gasteiger partial charge in [0.15, 0.2) is 0 Å². The van der Waals surface area contributed by atoms with Crippen molar-refractivity contribution in [3.63, 3.8) is 0 Å². The molecule has 0 aliphatic carbocycles. The van der Waals surface area contributed by atoms with Gasteiger partial charge in [0.2, 0.25) is 8.32 Å². The van der Waals surface area contributed by atoms with Gasteiger partial charge in [-0.15, -0.1) is 0 Å². The minimum atomic E-state index is -1.48. The second kappa shape index (κ2) is 4.93. The van der Waals surface area contributed by atoms with Crippen molar-refractivity contribution in [2.75, 3.05) is 0 Å². The van der Waals surface area contributed by atoms with Crippen LogP contribution in [0.3, 0.4) is 0 Å². The maximum Gasteiger partial charge on any atom is 0.211 e. The van der Waals surface area contributed by atoms with Gasteiger partial charge in [-0.05, 0) is 31.3 Å². The molecule has 1 aromatic carbocycles. The fourth-order valence-corrected chi connectivity index (χ4v) is 1.68. The summed E-state index contributed by atoms with van der Waals surface area (Å²) < 4.78 is 5.52. The van der Waals surface area contributed by atoms with Crippen LogP contribution in [0.1, 0.15) is 5.56 Å². The Kier molecular flexibility index (Phi) is 4.13. The Balaban J connectivity index is 2.43. The number of benzene rings is 1. The number of hydrogen-bond donors (Lipinski definition) is 1. The van der Waals surface area contributed by atoms with Crippen LogP contribution in [0, 0.1) is 0 Å². The fraction of sp³-hybridized carbons (Fsp3) is 0.400. The number of rotatable bonds is 4. The largest absolute Gasteiger partial charge is 0.346 e. The Morgan fingerprint density at radius 3 is 2.50 bits per heavy atom. The zero-order valence-electron chi connectivity index (χ0n) is 8.80. The van der Waals surface area contributed by atoms with Gasteiger partial charge >= 0.3 is 0 Å². The second-order valence-electron chi connectivity index (χ2n) is 4.13. The Morgan fingerprint density at radius 1 is 1.29 bits per heavy atom. The number of hydroxylamine groups is 1. The summed E-state index contributed by atoms with van der Waals surface area (Å²) in [4.78, 5) is 0. The van der Waals surface area contributed by atoms with E-state index in [1.54, 1.807) is 0 Å². The SMILES string of the molecule is C[Si](C)(C)ONCc1ccccc1Cl. The van der Waals surface area contributed by atoms with Crippen LogP contribution in [-0.4, -0.2) is 8.32 Å². The Morgan fingerprint density at radius 2 is 1.93 bits per heavy atom. The first-order valence-electron chi connectivity index (χ1n) is 4.63. The molecular formula is C10H16ClNOSi. The summed E-state index contributed by atoms with van der Waals surface area (Å²) >= 11 is 5.99. The highest BCUT2D eigenvalue weighted by Crippen LogP contribution is 2.14. The molecule has 0 atom stereocenters. The molecule has 78 valence electrons. The molecule has 0 fully saturated rings. The van der Waals surface area contributed by atoms with E-state index in [4.69, 9.17) is 16.1 Å². The van der Waals surface area contributed by atoms with Crippen LogP contribution in [0.5, 0.6) is 0 Å². The molecule has 2 nitrogen and oxygen atoms in total. The van der Waals surface area contributed by atoms with Gasteiger partial charge in [0.1, 0.15) is 0 Å². The van der Waals surface area contributed by atoms with E-state index < -0.39 is 8.32 Å². The normalized spacial score (nSPS) is 11.7. The van der Waals surface area contributed by atoms with Gasteiger partial charge in [-0.25, -0.2) is 5.48 Å². The third kappa shape index (κ3) is 4.24. The van der Waals surface area contributed by atoms with Gasteiger partial charge in [-0.3, -0.25) is 0 Å². The molecule has 14 heavy (non-hydrogen) atoms. The molecule has 4 heteroatoms. The van der Waals surface area contributed by atoms with Crippen LogP contribution in [-0.2, 0) is 11.1 Å². The van der Waals surface area contributed by atoms with Crippen LogP contribution < -0.4 is 5.48 Å². The Hall–Kier alpha value is -0.353. The van der Waals surface area contributed by atoms with E-state index in [1.165, 1.54) is 0 Å². The lowest BCUT2D eigenvalue weighted by molar-refractivity contribution is 0.182. The molecule has 1 aromatic rings. The first kappa shape index (κ1) is 11.7. The lowest BCUT2D eigenvalue weighted by atomic mass is 10.2. The molecular weight excluding hydrogens is 214 g/mol. The van der Waals surface area contributed by atoms with Crippen molar-refractivity contribution < 1.29 is 4.53 Å². The van der Waals surface area contributed by atoms with Crippen LogP contribution in [0.2, 0.25) is 24.7 Å². The summed E-state index contributed by atoms with van der Waals surface area (Å²) in [5.74, 6) is 0. The van der Waals surface area contributed by atoms with Crippen molar-refractivity contribution in [3.05, 3.63) is 34.9 Å². The van der Waals surface area contributed by atoms with E-state index in [2.05, 4.69) is 25.1 Å². The first-order chi connectivity index (χ1) is 6.49. The molecule has 0 amide bonds. The van der Waals surface area contributed by atoms with Crippen molar-refractivity contribution >= 4 is 19.9 Å². The number of hydrogen-bond acceptors (Lipinski definition) is 2. The summed E-state index contributed by atoms with van der Waals surface area (Å²) in [7, 11) is -1.48. The van der Waals surface area contributed by atoms with E-state index in [1.807, 2.05) is 24.3 Å². The molecule has 0 unspecified atom stereocenters. The molecule has 0 aromatic heterocycles. The van der Waals surface area contributed by atoms with Gasteiger partial charge in [0.25, 0.3) is 0 Å². The fourth-order valence-electron chi connectivity index (χ4n) is 0.972. The third-order valence-corrected chi connectivity index (χ3v) is 2.72. The summed E-state index contributed by atoms with van der Waals surface area (Å²) in [6.45, 7) is 7.05. The van der Waals surface area contributed by atoms with Gasteiger partial charge in [-0.2, -0.15) is 0 Å². The summed E-state index contributed by atoms with van der Waals surface area (Å²) in [5.41, 5.74) is 4.02.